The van der Waals surface area contributed by atoms with Crippen LogP contribution in [0.25, 0.3) is 0 Å². The highest BCUT2D eigenvalue weighted by atomic mass is 16.2. The van der Waals surface area contributed by atoms with E-state index in [1.54, 1.807) is 0 Å². The van der Waals surface area contributed by atoms with Crippen LogP contribution in [0.3, 0.4) is 0 Å². The summed E-state index contributed by atoms with van der Waals surface area (Å²) in [6, 6.07) is 0. The van der Waals surface area contributed by atoms with Crippen molar-refractivity contribution in [2.45, 2.75) is 81.1 Å². The molecule has 0 N–H and O–H groups in total. The minimum Gasteiger partial charge on any atom is -0.282 e. The van der Waals surface area contributed by atoms with Gasteiger partial charge in [0.25, 0.3) is 11.8 Å². The number of carbonyl (C=O) groups excluding carboxylic acids is 4. The van der Waals surface area contributed by atoms with Crippen molar-refractivity contribution in [3.05, 3.63) is 23.8 Å². The molecule has 0 aromatic carbocycles. The second-order valence-corrected chi connectivity index (χ2v) is 12.0. The van der Waals surface area contributed by atoms with Gasteiger partial charge in [-0.1, -0.05) is 60.1 Å². The van der Waals surface area contributed by atoms with Crippen molar-refractivity contribution in [3.63, 3.8) is 0 Å². The van der Waals surface area contributed by atoms with E-state index in [1.165, 1.54) is 28.4 Å². The van der Waals surface area contributed by atoms with Gasteiger partial charge in [-0.15, -0.1) is 0 Å². The number of likely N-dealkylation sites (tertiary alicyclic amines) is 1. The lowest BCUT2D eigenvalue weighted by molar-refractivity contribution is -0.140. The first-order valence-electron chi connectivity index (χ1n) is 12.8. The molecule has 4 unspecified atom stereocenters. The van der Waals surface area contributed by atoms with Gasteiger partial charge in [-0.3, -0.25) is 29.0 Å². The molecule has 190 valence electrons. The summed E-state index contributed by atoms with van der Waals surface area (Å²) in [5, 5.41) is 0. The number of allylic oxidation sites excluding steroid dienone is 1. The maximum atomic E-state index is 13.1. The first-order valence-corrected chi connectivity index (χ1v) is 12.8. The van der Waals surface area contributed by atoms with E-state index in [2.05, 4.69) is 33.8 Å². The maximum Gasteiger partial charge on any atom is 0.253 e. The summed E-state index contributed by atoms with van der Waals surface area (Å²) in [4.78, 5) is 52.3. The second kappa shape index (κ2) is 11.5. The van der Waals surface area contributed by atoms with Gasteiger partial charge in [0.2, 0.25) is 11.8 Å². The molecule has 2 aliphatic heterocycles. The lowest BCUT2D eigenvalue weighted by Gasteiger charge is -2.32. The van der Waals surface area contributed by atoms with Gasteiger partial charge in [0, 0.05) is 31.7 Å². The lowest BCUT2D eigenvalue weighted by Crippen LogP contribution is -2.41. The Kier molecular flexibility index (Phi) is 9.44. The number of imide groups is 2. The Labute approximate surface area is 205 Å². The minimum atomic E-state index is -0.360. The van der Waals surface area contributed by atoms with Crippen LogP contribution >= 0.6 is 0 Å². The Balaban J connectivity index is 1.94. The predicted molar refractivity (Wildman–Crippen MR) is 134 cm³/mol. The van der Waals surface area contributed by atoms with Gasteiger partial charge in [-0.2, -0.15) is 0 Å². The summed E-state index contributed by atoms with van der Waals surface area (Å²) in [5.41, 5.74) is 0.677. The molecule has 6 heteroatoms. The van der Waals surface area contributed by atoms with Crippen LogP contribution in [-0.4, -0.2) is 46.5 Å². The SMILES string of the molecule is C/C(=C\C(C)CC(C)CC(C)C)C1CC(=O)N(CC(C)CC(C)(C)CN2C(=O)C=CC2=O)C1=O. The van der Waals surface area contributed by atoms with E-state index in [1.807, 2.05) is 27.7 Å². The van der Waals surface area contributed by atoms with E-state index in [4.69, 9.17) is 0 Å². The Morgan fingerprint density at radius 1 is 0.971 bits per heavy atom. The average Bonchev–Trinajstić information content (AvgIpc) is 3.14. The summed E-state index contributed by atoms with van der Waals surface area (Å²) in [7, 11) is 0. The molecule has 0 aliphatic carbocycles. The molecule has 2 rings (SSSR count). The molecule has 4 amide bonds. The zero-order valence-corrected chi connectivity index (χ0v) is 22.4. The standard InChI is InChI=1S/C28H44N2O4/c1-18(2)11-19(3)12-20(4)13-22(6)23-14-26(33)29(27(23)34)16-21(5)15-28(7,8)17-30-24(31)9-10-25(30)32/h9-10,13,18-21,23H,11-12,14-17H2,1-8H3/b22-13+. The number of rotatable bonds is 12. The van der Waals surface area contributed by atoms with Gasteiger partial charge in [-0.25, -0.2) is 0 Å². The predicted octanol–water partition coefficient (Wildman–Crippen LogP) is 4.99. The van der Waals surface area contributed by atoms with Gasteiger partial charge >= 0.3 is 0 Å². The molecule has 2 heterocycles. The Bertz CT molecular complexity index is 836. The van der Waals surface area contributed by atoms with Gasteiger partial charge in [-0.05, 0) is 55.3 Å². The molecule has 0 radical (unpaired) electrons. The zero-order valence-electron chi connectivity index (χ0n) is 22.4. The molecule has 4 atom stereocenters. The summed E-state index contributed by atoms with van der Waals surface area (Å²) in [5.74, 6) is 0.599. The van der Waals surface area contributed by atoms with Crippen LogP contribution in [0.5, 0.6) is 0 Å². The smallest absolute Gasteiger partial charge is 0.253 e. The number of carbonyl (C=O) groups is 4. The summed E-state index contributed by atoms with van der Waals surface area (Å²) in [6.07, 6.45) is 7.98. The van der Waals surface area contributed by atoms with E-state index in [0.717, 1.165) is 12.0 Å². The molecule has 6 nitrogen and oxygen atoms in total. The third-order valence-electron chi connectivity index (χ3n) is 6.87. The molecule has 0 aromatic rings. The van der Waals surface area contributed by atoms with Gasteiger partial charge < -0.3 is 0 Å². The summed E-state index contributed by atoms with van der Waals surface area (Å²) in [6.45, 7) is 17.6. The molecular formula is C28H44N2O4. The van der Waals surface area contributed by atoms with Crippen LogP contribution in [0, 0.1) is 35.0 Å². The van der Waals surface area contributed by atoms with E-state index in [0.29, 0.717) is 37.3 Å². The average molecular weight is 473 g/mol. The fourth-order valence-electron chi connectivity index (χ4n) is 5.80. The lowest BCUT2D eigenvalue weighted by atomic mass is 9.82. The topological polar surface area (TPSA) is 74.8 Å². The Morgan fingerprint density at radius 2 is 1.56 bits per heavy atom. The van der Waals surface area contributed by atoms with Crippen molar-refractivity contribution >= 4 is 23.6 Å². The molecule has 0 saturated carbocycles. The summed E-state index contributed by atoms with van der Waals surface area (Å²) >= 11 is 0. The third-order valence-corrected chi connectivity index (χ3v) is 6.87. The van der Waals surface area contributed by atoms with Crippen LogP contribution < -0.4 is 0 Å². The van der Waals surface area contributed by atoms with Crippen LogP contribution in [0.4, 0.5) is 0 Å². The van der Waals surface area contributed by atoms with E-state index >= 15 is 0 Å². The second-order valence-electron chi connectivity index (χ2n) is 12.0. The van der Waals surface area contributed by atoms with Crippen molar-refractivity contribution in [1.82, 2.24) is 9.80 Å². The van der Waals surface area contributed by atoms with E-state index in [9.17, 15) is 19.2 Å². The third kappa shape index (κ3) is 7.64. The molecule has 2 aliphatic rings. The molecule has 1 fully saturated rings. The Hall–Kier alpha value is -2.24. The van der Waals surface area contributed by atoms with Crippen LogP contribution in [0.15, 0.2) is 23.8 Å². The highest BCUT2D eigenvalue weighted by Gasteiger charge is 2.40. The molecular weight excluding hydrogens is 428 g/mol. The largest absolute Gasteiger partial charge is 0.282 e. The fraction of sp³-hybridized carbons (Fsp3) is 0.714. The van der Waals surface area contributed by atoms with Crippen molar-refractivity contribution in [2.75, 3.05) is 13.1 Å². The van der Waals surface area contributed by atoms with Gasteiger partial charge in [0.15, 0.2) is 0 Å². The minimum absolute atomic E-state index is 0.0579. The highest BCUT2D eigenvalue weighted by molar-refractivity contribution is 6.12. The molecule has 0 spiro atoms. The molecule has 0 bridgehead atoms. The fourth-order valence-corrected chi connectivity index (χ4v) is 5.80. The number of amides is 4. The molecule has 1 saturated heterocycles. The molecule has 34 heavy (non-hydrogen) atoms. The van der Waals surface area contributed by atoms with E-state index < -0.39 is 0 Å². The normalized spacial score (nSPS) is 22.4. The summed E-state index contributed by atoms with van der Waals surface area (Å²) < 4.78 is 0. The Morgan fingerprint density at radius 3 is 2.12 bits per heavy atom. The first kappa shape index (κ1) is 28.0. The van der Waals surface area contributed by atoms with E-state index in [-0.39, 0.29) is 47.3 Å². The van der Waals surface area contributed by atoms with Crippen LogP contribution in [-0.2, 0) is 19.2 Å². The first-order chi connectivity index (χ1) is 15.7. The van der Waals surface area contributed by atoms with Crippen molar-refractivity contribution in [2.24, 2.45) is 35.0 Å². The number of nitrogens with zero attached hydrogens (tertiary/aromatic N) is 2. The monoisotopic (exact) mass is 472 g/mol. The number of hydrogen-bond acceptors (Lipinski definition) is 4. The van der Waals surface area contributed by atoms with Gasteiger partial charge in [0.05, 0.1) is 5.92 Å². The molecule has 0 aromatic heterocycles. The van der Waals surface area contributed by atoms with Crippen LogP contribution in [0.1, 0.15) is 81.1 Å². The van der Waals surface area contributed by atoms with Crippen LogP contribution in [0.2, 0.25) is 0 Å². The van der Waals surface area contributed by atoms with Crippen molar-refractivity contribution in [3.8, 4) is 0 Å². The number of hydrogen-bond donors (Lipinski definition) is 0. The van der Waals surface area contributed by atoms with Crippen molar-refractivity contribution < 1.29 is 19.2 Å². The quantitative estimate of drug-likeness (QED) is 0.296. The highest BCUT2D eigenvalue weighted by Crippen LogP contribution is 2.32. The zero-order chi connectivity index (χ0) is 25.8. The van der Waals surface area contributed by atoms with Crippen molar-refractivity contribution in [1.29, 1.82) is 0 Å². The van der Waals surface area contributed by atoms with Gasteiger partial charge in [0.1, 0.15) is 0 Å². The maximum absolute atomic E-state index is 13.1.